The van der Waals surface area contributed by atoms with Crippen LogP contribution >= 0.6 is 0 Å². The second kappa shape index (κ2) is 6.38. The van der Waals surface area contributed by atoms with Crippen LogP contribution in [0.15, 0.2) is 11.8 Å². The summed E-state index contributed by atoms with van der Waals surface area (Å²) < 4.78 is 4.46. The number of carboxylic acids is 1. The van der Waals surface area contributed by atoms with Gasteiger partial charge in [0.1, 0.15) is 0 Å². The number of rotatable bonds is 1. The summed E-state index contributed by atoms with van der Waals surface area (Å²) >= 11 is 0. The van der Waals surface area contributed by atoms with E-state index in [2.05, 4.69) is 14.5 Å². The lowest BCUT2D eigenvalue weighted by Crippen LogP contribution is -2.16. The Kier molecular flexibility index (Phi) is 4.85. The van der Waals surface area contributed by atoms with E-state index in [4.69, 9.17) is 5.11 Å². The molecule has 0 amide bonds. The van der Waals surface area contributed by atoms with E-state index >= 15 is 0 Å². The molecule has 0 spiro atoms. The van der Waals surface area contributed by atoms with Crippen molar-refractivity contribution in [2.24, 2.45) is 0 Å². The highest BCUT2D eigenvalue weighted by Gasteiger charge is 2.19. The smallest absolute Gasteiger partial charge is 0.383 e. The maximum absolute atomic E-state index is 11.2. The van der Waals surface area contributed by atoms with Gasteiger partial charge in [-0.3, -0.25) is 4.79 Å². The zero-order chi connectivity index (χ0) is 13.5. The molecule has 0 saturated carbocycles. The molecule has 0 fully saturated rings. The van der Waals surface area contributed by atoms with Gasteiger partial charge in [0.05, 0.1) is 12.5 Å². The summed E-state index contributed by atoms with van der Waals surface area (Å²) in [6.07, 6.45) is 0.991. The maximum atomic E-state index is 11.2. The first-order valence-corrected chi connectivity index (χ1v) is 5.06. The Labute approximate surface area is 101 Å². The molecule has 0 unspecified atom stereocenters. The molecule has 1 N–H and O–H groups in total. The van der Waals surface area contributed by atoms with Gasteiger partial charge in [0.2, 0.25) is 5.76 Å². The van der Waals surface area contributed by atoms with Crippen LogP contribution in [0.25, 0.3) is 0 Å². The van der Waals surface area contributed by atoms with Gasteiger partial charge in [-0.1, -0.05) is 0 Å². The van der Waals surface area contributed by atoms with Crippen LogP contribution in [-0.4, -0.2) is 29.0 Å². The monoisotopic (exact) mass is 258 g/mol. The van der Waals surface area contributed by atoms with Crippen molar-refractivity contribution in [1.29, 1.82) is 0 Å². The lowest BCUT2D eigenvalue weighted by Gasteiger charge is -2.06. The molecule has 0 atom stereocenters. The van der Waals surface area contributed by atoms with Crippen molar-refractivity contribution < 1.29 is 38.8 Å². The van der Waals surface area contributed by atoms with Crippen molar-refractivity contribution in [3.63, 3.8) is 0 Å². The van der Waals surface area contributed by atoms with Crippen molar-refractivity contribution in [3.8, 4) is 0 Å². The summed E-state index contributed by atoms with van der Waals surface area (Å²) in [5.74, 6) is -5.33. The highest BCUT2D eigenvalue weighted by atomic mass is 17.2. The normalized spacial score (nSPS) is 21.3. The molecule has 8 nitrogen and oxygen atoms in total. The molecule has 1 aliphatic rings. The summed E-state index contributed by atoms with van der Waals surface area (Å²) in [5.41, 5.74) is 0. The van der Waals surface area contributed by atoms with E-state index in [1.54, 1.807) is 0 Å². The first-order chi connectivity index (χ1) is 8.49. The van der Waals surface area contributed by atoms with E-state index in [1.165, 1.54) is 0 Å². The highest BCUT2D eigenvalue weighted by Crippen LogP contribution is 2.08. The highest BCUT2D eigenvalue weighted by molar-refractivity contribution is 5.95. The van der Waals surface area contributed by atoms with Crippen LogP contribution in [-0.2, 0) is 33.7 Å². The lowest BCUT2D eigenvalue weighted by molar-refractivity contribution is -0.255. The summed E-state index contributed by atoms with van der Waals surface area (Å²) in [7, 11) is 0. The predicted molar refractivity (Wildman–Crippen MR) is 52.5 cm³/mol. The molecule has 18 heavy (non-hydrogen) atoms. The SMILES string of the molecule is O=C1/C=C(\C(=O)O)OC(=O)CCCCC(=O)OO1. The van der Waals surface area contributed by atoms with Crippen molar-refractivity contribution in [2.75, 3.05) is 0 Å². The fourth-order valence-corrected chi connectivity index (χ4v) is 1.11. The van der Waals surface area contributed by atoms with Crippen molar-refractivity contribution in [2.45, 2.75) is 25.7 Å². The van der Waals surface area contributed by atoms with Gasteiger partial charge in [0.25, 0.3) is 0 Å². The molecule has 1 aliphatic heterocycles. The molecule has 0 aromatic rings. The number of carbonyl (C=O) groups excluding carboxylic acids is 3. The van der Waals surface area contributed by atoms with E-state index in [-0.39, 0.29) is 12.8 Å². The molecule has 0 radical (unpaired) electrons. The Morgan fingerprint density at radius 3 is 2.28 bits per heavy atom. The number of hydrogen-bond acceptors (Lipinski definition) is 7. The third-order valence-electron chi connectivity index (χ3n) is 1.91. The Morgan fingerprint density at radius 2 is 1.67 bits per heavy atom. The summed E-state index contributed by atoms with van der Waals surface area (Å²) in [6.45, 7) is 0. The Balaban J connectivity index is 2.82. The Hall–Kier alpha value is -2.38. The first kappa shape index (κ1) is 13.7. The van der Waals surface area contributed by atoms with Crippen LogP contribution in [0.2, 0.25) is 0 Å². The Morgan fingerprint density at radius 1 is 1.06 bits per heavy atom. The molecule has 0 aromatic heterocycles. The average Bonchev–Trinajstić information content (AvgIpc) is 2.29. The summed E-state index contributed by atoms with van der Waals surface area (Å²) in [4.78, 5) is 52.0. The quantitative estimate of drug-likeness (QED) is 0.519. The van der Waals surface area contributed by atoms with Gasteiger partial charge in [0.15, 0.2) is 0 Å². The molecular weight excluding hydrogens is 248 g/mol. The van der Waals surface area contributed by atoms with Crippen molar-refractivity contribution in [1.82, 2.24) is 0 Å². The van der Waals surface area contributed by atoms with Crippen LogP contribution in [0.1, 0.15) is 25.7 Å². The molecule has 8 heteroatoms. The van der Waals surface area contributed by atoms with Crippen LogP contribution in [0, 0.1) is 0 Å². The van der Waals surface area contributed by atoms with E-state index in [0.717, 1.165) is 0 Å². The number of cyclic esters (lactones) is 1. The second-order valence-corrected chi connectivity index (χ2v) is 3.35. The number of esters is 1. The largest absolute Gasteiger partial charge is 0.475 e. The maximum Gasteiger partial charge on any atom is 0.383 e. The van der Waals surface area contributed by atoms with Gasteiger partial charge >= 0.3 is 23.9 Å². The molecule has 0 aromatic carbocycles. The first-order valence-electron chi connectivity index (χ1n) is 5.06. The third-order valence-corrected chi connectivity index (χ3v) is 1.91. The molecular formula is C10H10O8. The van der Waals surface area contributed by atoms with Gasteiger partial charge in [-0.15, -0.1) is 0 Å². The molecule has 1 heterocycles. The van der Waals surface area contributed by atoms with Crippen LogP contribution < -0.4 is 0 Å². The molecule has 1 rings (SSSR count). The van der Waals surface area contributed by atoms with E-state index < -0.39 is 29.6 Å². The molecule has 98 valence electrons. The molecule has 0 saturated heterocycles. The topological polar surface area (TPSA) is 116 Å². The minimum absolute atomic E-state index is 0.0178. The fourth-order valence-electron chi connectivity index (χ4n) is 1.11. The standard InChI is InChI=1S/C10H10O8/c11-7-3-1-2-4-8(12)17-18-9(13)5-6(16-7)10(14)15/h5H,1-4H2,(H,14,15)/b6-5+. The van der Waals surface area contributed by atoms with Crippen molar-refractivity contribution in [3.05, 3.63) is 11.8 Å². The number of ether oxygens (including phenoxy) is 1. The minimum atomic E-state index is -1.61. The molecule has 0 aliphatic carbocycles. The van der Waals surface area contributed by atoms with Gasteiger partial charge in [0, 0.05) is 6.42 Å². The number of aliphatic carboxylic acids is 1. The third kappa shape index (κ3) is 4.64. The van der Waals surface area contributed by atoms with Crippen molar-refractivity contribution >= 4 is 23.9 Å². The predicted octanol–water partition coefficient (Wildman–Crippen LogP) is 0.0735. The zero-order valence-electron chi connectivity index (χ0n) is 9.21. The van der Waals surface area contributed by atoms with Gasteiger partial charge in [-0.25, -0.2) is 24.2 Å². The summed E-state index contributed by atoms with van der Waals surface area (Å²) in [6, 6.07) is 0. The van der Waals surface area contributed by atoms with Crippen LogP contribution in [0.3, 0.4) is 0 Å². The average molecular weight is 258 g/mol. The van der Waals surface area contributed by atoms with Gasteiger partial charge in [-0.2, -0.15) is 0 Å². The Bertz CT molecular complexity index is 408. The van der Waals surface area contributed by atoms with E-state index in [0.29, 0.717) is 18.9 Å². The fraction of sp³-hybridized carbons (Fsp3) is 0.400. The van der Waals surface area contributed by atoms with E-state index in [1.807, 2.05) is 0 Å². The van der Waals surface area contributed by atoms with Gasteiger partial charge < -0.3 is 9.84 Å². The van der Waals surface area contributed by atoms with Crippen LogP contribution in [0.5, 0.6) is 0 Å². The van der Waals surface area contributed by atoms with E-state index in [9.17, 15) is 19.2 Å². The zero-order valence-corrected chi connectivity index (χ0v) is 9.21. The summed E-state index contributed by atoms with van der Waals surface area (Å²) in [5, 5.41) is 8.67. The molecule has 0 bridgehead atoms. The minimum Gasteiger partial charge on any atom is -0.475 e. The van der Waals surface area contributed by atoms with Crippen LogP contribution in [0.4, 0.5) is 0 Å². The number of carbonyl (C=O) groups is 4. The second-order valence-electron chi connectivity index (χ2n) is 3.35. The number of hydrogen-bond donors (Lipinski definition) is 1. The lowest BCUT2D eigenvalue weighted by atomic mass is 10.2. The van der Waals surface area contributed by atoms with Gasteiger partial charge in [-0.05, 0) is 12.8 Å². The number of carboxylic acid groups (broad SMARTS) is 1.